The van der Waals surface area contributed by atoms with Gasteiger partial charge in [-0.15, -0.1) is 0 Å². The number of aromatic nitrogens is 2. The Balaban J connectivity index is 1.99. The number of hydrogen-bond acceptors (Lipinski definition) is 3. The van der Waals surface area contributed by atoms with Crippen LogP contribution in [0.5, 0.6) is 0 Å². The van der Waals surface area contributed by atoms with Crippen LogP contribution in [0.4, 0.5) is 5.82 Å². The fourth-order valence-electron chi connectivity index (χ4n) is 1.90. The van der Waals surface area contributed by atoms with Crippen molar-refractivity contribution in [3.05, 3.63) is 16.5 Å². The molecule has 0 radical (unpaired) electrons. The third-order valence-electron chi connectivity index (χ3n) is 2.97. The lowest BCUT2D eigenvalue weighted by atomic mass is 10.1. The zero-order valence-corrected chi connectivity index (χ0v) is 11.4. The molecule has 88 valence electrons. The molecular formula is C12H18BrN3. The van der Waals surface area contributed by atoms with Gasteiger partial charge in [0.25, 0.3) is 0 Å². The van der Waals surface area contributed by atoms with Gasteiger partial charge in [-0.05, 0) is 41.6 Å². The first-order chi connectivity index (χ1) is 7.67. The van der Waals surface area contributed by atoms with Crippen LogP contribution in [0.3, 0.4) is 0 Å². The second kappa shape index (κ2) is 5.13. The number of anilines is 1. The van der Waals surface area contributed by atoms with Crippen molar-refractivity contribution in [2.75, 3.05) is 5.32 Å². The van der Waals surface area contributed by atoms with E-state index in [0.717, 1.165) is 28.6 Å². The zero-order chi connectivity index (χ0) is 11.5. The third kappa shape index (κ3) is 3.44. The van der Waals surface area contributed by atoms with Crippen LogP contribution in [-0.2, 0) is 0 Å². The van der Waals surface area contributed by atoms with Crippen molar-refractivity contribution < 1.29 is 0 Å². The number of rotatable bonds is 5. The standard InChI is InChI=1S/C12H18BrN3/c1-3-10(6-9-4-5-9)16-12-7-11(13)14-8(2)15-12/h7,9-10H,3-6H2,1-2H3,(H,14,15,16). The molecule has 1 aromatic rings. The van der Waals surface area contributed by atoms with E-state index in [1.54, 1.807) is 0 Å². The van der Waals surface area contributed by atoms with E-state index >= 15 is 0 Å². The van der Waals surface area contributed by atoms with E-state index in [2.05, 4.69) is 38.1 Å². The molecule has 1 N–H and O–H groups in total. The minimum Gasteiger partial charge on any atom is -0.367 e. The molecule has 0 aromatic carbocycles. The van der Waals surface area contributed by atoms with Gasteiger partial charge in [-0.25, -0.2) is 9.97 Å². The Kier molecular flexibility index (Phi) is 3.79. The summed E-state index contributed by atoms with van der Waals surface area (Å²) in [5.74, 6) is 2.69. The molecule has 16 heavy (non-hydrogen) atoms. The Morgan fingerprint density at radius 2 is 2.25 bits per heavy atom. The summed E-state index contributed by atoms with van der Waals surface area (Å²) in [6.45, 7) is 4.14. The quantitative estimate of drug-likeness (QED) is 0.840. The fourth-order valence-corrected chi connectivity index (χ4v) is 2.37. The maximum absolute atomic E-state index is 4.40. The SMILES string of the molecule is CCC(CC1CC1)Nc1cc(Br)nc(C)n1. The van der Waals surface area contributed by atoms with Gasteiger partial charge in [0.1, 0.15) is 16.2 Å². The normalized spacial score (nSPS) is 17.2. The molecule has 0 bridgehead atoms. The van der Waals surface area contributed by atoms with E-state index in [9.17, 15) is 0 Å². The van der Waals surface area contributed by atoms with Gasteiger partial charge < -0.3 is 5.32 Å². The molecule has 0 spiro atoms. The van der Waals surface area contributed by atoms with E-state index in [0.29, 0.717) is 6.04 Å². The third-order valence-corrected chi connectivity index (χ3v) is 3.37. The van der Waals surface area contributed by atoms with Gasteiger partial charge in [0.2, 0.25) is 0 Å². The van der Waals surface area contributed by atoms with Crippen LogP contribution in [-0.4, -0.2) is 16.0 Å². The predicted octanol–water partition coefficient (Wildman–Crippen LogP) is 3.54. The topological polar surface area (TPSA) is 37.8 Å². The lowest BCUT2D eigenvalue weighted by molar-refractivity contribution is 0.584. The van der Waals surface area contributed by atoms with Crippen LogP contribution in [0.2, 0.25) is 0 Å². The first kappa shape index (κ1) is 11.8. The van der Waals surface area contributed by atoms with Crippen molar-refractivity contribution in [2.24, 2.45) is 5.92 Å². The molecule has 1 aromatic heterocycles. The summed E-state index contributed by atoms with van der Waals surface area (Å²) >= 11 is 3.40. The van der Waals surface area contributed by atoms with Crippen molar-refractivity contribution in [1.29, 1.82) is 0 Å². The molecule has 1 aliphatic carbocycles. The lowest BCUT2D eigenvalue weighted by Gasteiger charge is -2.17. The van der Waals surface area contributed by atoms with Gasteiger partial charge in [-0.2, -0.15) is 0 Å². The maximum Gasteiger partial charge on any atom is 0.131 e. The van der Waals surface area contributed by atoms with E-state index in [4.69, 9.17) is 0 Å². The minimum absolute atomic E-state index is 0.550. The largest absolute Gasteiger partial charge is 0.367 e. The van der Waals surface area contributed by atoms with Crippen molar-refractivity contribution >= 4 is 21.7 Å². The Morgan fingerprint density at radius 1 is 1.50 bits per heavy atom. The number of hydrogen-bond donors (Lipinski definition) is 1. The van der Waals surface area contributed by atoms with E-state index in [1.807, 2.05) is 13.0 Å². The van der Waals surface area contributed by atoms with Crippen LogP contribution in [0.15, 0.2) is 10.7 Å². The molecule has 1 atom stereocenters. The lowest BCUT2D eigenvalue weighted by Crippen LogP contribution is -2.20. The van der Waals surface area contributed by atoms with Crippen LogP contribution >= 0.6 is 15.9 Å². The Labute approximate surface area is 105 Å². The van der Waals surface area contributed by atoms with Crippen LogP contribution < -0.4 is 5.32 Å². The zero-order valence-electron chi connectivity index (χ0n) is 9.83. The van der Waals surface area contributed by atoms with Gasteiger partial charge in [0.15, 0.2) is 0 Å². The Hall–Kier alpha value is -0.640. The molecule has 1 saturated carbocycles. The van der Waals surface area contributed by atoms with Crippen LogP contribution in [0, 0.1) is 12.8 Å². The summed E-state index contributed by atoms with van der Waals surface area (Å²) in [5, 5.41) is 3.50. The van der Waals surface area contributed by atoms with Crippen molar-refractivity contribution in [2.45, 2.75) is 45.6 Å². The summed E-state index contributed by atoms with van der Waals surface area (Å²) < 4.78 is 0.851. The molecule has 0 saturated heterocycles. The summed E-state index contributed by atoms with van der Waals surface area (Å²) in [4.78, 5) is 8.60. The molecule has 3 nitrogen and oxygen atoms in total. The van der Waals surface area contributed by atoms with Gasteiger partial charge in [-0.1, -0.05) is 19.8 Å². The monoisotopic (exact) mass is 283 g/mol. The number of nitrogens with one attached hydrogen (secondary N) is 1. The smallest absolute Gasteiger partial charge is 0.131 e. The number of nitrogens with zero attached hydrogens (tertiary/aromatic N) is 2. The predicted molar refractivity (Wildman–Crippen MR) is 69.5 cm³/mol. The molecule has 0 amide bonds. The first-order valence-corrected chi connectivity index (χ1v) is 6.74. The summed E-state index contributed by atoms with van der Waals surface area (Å²) in [6, 6.07) is 2.50. The highest BCUT2D eigenvalue weighted by Crippen LogP contribution is 2.34. The summed E-state index contributed by atoms with van der Waals surface area (Å²) in [5.41, 5.74) is 0. The fraction of sp³-hybridized carbons (Fsp3) is 0.667. The van der Waals surface area contributed by atoms with Crippen LogP contribution in [0.25, 0.3) is 0 Å². The average Bonchev–Trinajstić information content (AvgIpc) is 2.99. The molecule has 4 heteroatoms. The van der Waals surface area contributed by atoms with Gasteiger partial charge in [-0.3, -0.25) is 0 Å². The highest BCUT2D eigenvalue weighted by molar-refractivity contribution is 9.10. The summed E-state index contributed by atoms with van der Waals surface area (Å²) in [7, 11) is 0. The van der Waals surface area contributed by atoms with Crippen molar-refractivity contribution in [1.82, 2.24) is 9.97 Å². The Morgan fingerprint density at radius 3 is 2.81 bits per heavy atom. The van der Waals surface area contributed by atoms with Crippen LogP contribution in [0.1, 0.15) is 38.4 Å². The summed E-state index contributed by atoms with van der Waals surface area (Å²) in [6.07, 6.45) is 5.24. The molecule has 1 unspecified atom stereocenters. The van der Waals surface area contributed by atoms with Crippen molar-refractivity contribution in [3.8, 4) is 0 Å². The second-order valence-corrected chi connectivity index (χ2v) is 5.36. The van der Waals surface area contributed by atoms with Gasteiger partial charge in [0.05, 0.1) is 0 Å². The first-order valence-electron chi connectivity index (χ1n) is 5.95. The number of halogens is 1. The van der Waals surface area contributed by atoms with E-state index in [-0.39, 0.29) is 0 Å². The molecule has 1 fully saturated rings. The van der Waals surface area contributed by atoms with E-state index < -0.39 is 0 Å². The maximum atomic E-state index is 4.40. The molecule has 1 heterocycles. The highest BCUT2D eigenvalue weighted by atomic mass is 79.9. The average molecular weight is 284 g/mol. The van der Waals surface area contributed by atoms with Gasteiger partial charge >= 0.3 is 0 Å². The molecule has 1 aliphatic rings. The highest BCUT2D eigenvalue weighted by Gasteiger charge is 2.24. The Bertz CT molecular complexity index is 343. The molecular weight excluding hydrogens is 266 g/mol. The van der Waals surface area contributed by atoms with Crippen molar-refractivity contribution in [3.63, 3.8) is 0 Å². The molecule has 0 aliphatic heterocycles. The van der Waals surface area contributed by atoms with E-state index in [1.165, 1.54) is 19.3 Å². The number of aryl methyl sites for hydroxylation is 1. The second-order valence-electron chi connectivity index (χ2n) is 4.55. The van der Waals surface area contributed by atoms with Gasteiger partial charge in [0, 0.05) is 12.1 Å². The minimum atomic E-state index is 0.550. The molecule has 2 rings (SSSR count).